The van der Waals surface area contributed by atoms with Gasteiger partial charge in [-0.1, -0.05) is 6.08 Å². The van der Waals surface area contributed by atoms with E-state index in [2.05, 4.69) is 4.74 Å². The SMILES string of the molecule is COC(=O)/C=C/C1C(C)OC(C)(C)N1C(=O)OC(C)(C)C. The Bertz CT molecular complexity index is 436. The first-order chi connectivity index (χ1) is 9.48. The summed E-state index contributed by atoms with van der Waals surface area (Å²) in [5.74, 6) is -0.476. The lowest BCUT2D eigenvalue weighted by molar-refractivity contribution is -0.134. The number of amides is 1. The molecule has 0 spiro atoms. The van der Waals surface area contributed by atoms with Crippen LogP contribution in [0.3, 0.4) is 0 Å². The second kappa shape index (κ2) is 6.05. The summed E-state index contributed by atoms with van der Waals surface area (Å²) in [6.07, 6.45) is 2.17. The lowest BCUT2D eigenvalue weighted by Gasteiger charge is -2.34. The van der Waals surface area contributed by atoms with Crippen molar-refractivity contribution in [3.8, 4) is 0 Å². The highest BCUT2D eigenvalue weighted by Gasteiger charge is 2.48. The minimum atomic E-state index is -0.813. The van der Waals surface area contributed by atoms with Crippen molar-refractivity contribution in [3.63, 3.8) is 0 Å². The van der Waals surface area contributed by atoms with Crippen molar-refractivity contribution < 1.29 is 23.8 Å². The summed E-state index contributed by atoms with van der Waals surface area (Å²) in [5.41, 5.74) is -1.41. The smallest absolute Gasteiger partial charge is 0.413 e. The maximum absolute atomic E-state index is 12.4. The molecule has 21 heavy (non-hydrogen) atoms. The van der Waals surface area contributed by atoms with Crippen molar-refractivity contribution in [2.45, 2.75) is 65.0 Å². The van der Waals surface area contributed by atoms with E-state index in [1.165, 1.54) is 18.1 Å². The van der Waals surface area contributed by atoms with E-state index in [9.17, 15) is 9.59 Å². The van der Waals surface area contributed by atoms with Gasteiger partial charge in [0.1, 0.15) is 11.3 Å². The van der Waals surface area contributed by atoms with Crippen molar-refractivity contribution in [3.05, 3.63) is 12.2 Å². The van der Waals surface area contributed by atoms with Gasteiger partial charge in [-0.05, 0) is 41.5 Å². The van der Waals surface area contributed by atoms with Gasteiger partial charge in [-0.15, -0.1) is 0 Å². The van der Waals surface area contributed by atoms with Crippen LogP contribution >= 0.6 is 0 Å². The lowest BCUT2D eigenvalue weighted by Crippen LogP contribution is -2.49. The molecular weight excluding hydrogens is 274 g/mol. The van der Waals surface area contributed by atoms with Gasteiger partial charge < -0.3 is 14.2 Å². The number of methoxy groups -OCH3 is 1. The fourth-order valence-electron chi connectivity index (χ4n) is 2.29. The van der Waals surface area contributed by atoms with Crippen molar-refractivity contribution in [2.24, 2.45) is 0 Å². The third-order valence-corrected chi connectivity index (χ3v) is 3.05. The highest BCUT2D eigenvalue weighted by Crippen LogP contribution is 2.34. The largest absolute Gasteiger partial charge is 0.466 e. The van der Waals surface area contributed by atoms with Gasteiger partial charge >= 0.3 is 12.1 Å². The zero-order chi connectivity index (χ0) is 16.4. The van der Waals surface area contributed by atoms with Gasteiger partial charge in [-0.3, -0.25) is 4.90 Å². The van der Waals surface area contributed by atoms with Gasteiger partial charge in [-0.2, -0.15) is 0 Å². The summed E-state index contributed by atoms with van der Waals surface area (Å²) in [4.78, 5) is 25.2. The highest BCUT2D eigenvalue weighted by molar-refractivity contribution is 5.82. The molecule has 0 aromatic carbocycles. The number of nitrogens with zero attached hydrogens (tertiary/aromatic N) is 1. The molecule has 0 aliphatic carbocycles. The van der Waals surface area contributed by atoms with Crippen molar-refractivity contribution >= 4 is 12.1 Å². The number of ether oxygens (including phenoxy) is 3. The molecule has 1 rings (SSSR count). The van der Waals surface area contributed by atoms with Gasteiger partial charge in [0.15, 0.2) is 0 Å². The Labute approximate surface area is 126 Å². The van der Waals surface area contributed by atoms with Crippen LogP contribution in [0.1, 0.15) is 41.5 Å². The summed E-state index contributed by atoms with van der Waals surface area (Å²) in [7, 11) is 1.30. The molecule has 1 heterocycles. The van der Waals surface area contributed by atoms with Crippen LogP contribution in [0.25, 0.3) is 0 Å². The van der Waals surface area contributed by atoms with E-state index in [1.54, 1.807) is 40.7 Å². The first-order valence-corrected chi connectivity index (χ1v) is 6.94. The van der Waals surface area contributed by atoms with E-state index in [0.717, 1.165) is 0 Å². The van der Waals surface area contributed by atoms with Crippen LogP contribution in [-0.2, 0) is 19.0 Å². The fraction of sp³-hybridized carbons (Fsp3) is 0.733. The van der Waals surface area contributed by atoms with Gasteiger partial charge in [0.05, 0.1) is 19.3 Å². The topological polar surface area (TPSA) is 65.1 Å². The second-order valence-electron chi connectivity index (χ2n) is 6.49. The van der Waals surface area contributed by atoms with E-state index in [4.69, 9.17) is 9.47 Å². The molecule has 0 saturated carbocycles. The van der Waals surface area contributed by atoms with Crippen molar-refractivity contribution in [1.29, 1.82) is 0 Å². The van der Waals surface area contributed by atoms with Crippen LogP contribution < -0.4 is 0 Å². The molecule has 1 aliphatic heterocycles. The molecule has 1 amide bonds. The van der Waals surface area contributed by atoms with Crippen molar-refractivity contribution in [1.82, 2.24) is 4.90 Å². The van der Waals surface area contributed by atoms with Gasteiger partial charge in [-0.25, -0.2) is 9.59 Å². The average Bonchev–Trinajstić information content (AvgIpc) is 2.52. The standard InChI is InChI=1S/C15H25NO5/c1-10-11(8-9-12(17)19-7)16(15(5,6)20-10)13(18)21-14(2,3)4/h8-11H,1-7H3/b9-8+. The predicted octanol–water partition coefficient (Wildman–Crippen LogP) is 2.48. The quantitative estimate of drug-likeness (QED) is 0.579. The first kappa shape index (κ1) is 17.5. The van der Waals surface area contributed by atoms with Crippen LogP contribution in [-0.4, -0.2) is 47.5 Å². The summed E-state index contributed by atoms with van der Waals surface area (Å²) in [6.45, 7) is 10.8. The molecule has 1 aliphatic rings. The Morgan fingerprint density at radius 2 is 1.86 bits per heavy atom. The Morgan fingerprint density at radius 3 is 2.33 bits per heavy atom. The molecule has 0 N–H and O–H groups in total. The number of rotatable bonds is 2. The van der Waals surface area contributed by atoms with Gasteiger partial charge in [0, 0.05) is 6.08 Å². The molecule has 6 nitrogen and oxygen atoms in total. The summed E-state index contributed by atoms with van der Waals surface area (Å²) in [6, 6.07) is -0.394. The molecule has 0 radical (unpaired) electrons. The van der Waals surface area contributed by atoms with E-state index in [-0.39, 0.29) is 6.10 Å². The molecule has 0 bridgehead atoms. The van der Waals surface area contributed by atoms with E-state index in [0.29, 0.717) is 0 Å². The molecule has 6 heteroatoms. The molecule has 0 aromatic rings. The maximum atomic E-state index is 12.4. The Balaban J connectivity index is 3.01. The Morgan fingerprint density at radius 1 is 1.29 bits per heavy atom. The maximum Gasteiger partial charge on any atom is 0.413 e. The zero-order valence-electron chi connectivity index (χ0n) is 13.8. The van der Waals surface area contributed by atoms with Gasteiger partial charge in [0.25, 0.3) is 0 Å². The monoisotopic (exact) mass is 299 g/mol. The summed E-state index contributed by atoms with van der Waals surface area (Å²) >= 11 is 0. The first-order valence-electron chi connectivity index (χ1n) is 6.94. The molecule has 1 saturated heterocycles. The molecule has 0 aromatic heterocycles. The van der Waals surface area contributed by atoms with Crippen LogP contribution in [0.5, 0.6) is 0 Å². The lowest BCUT2D eigenvalue weighted by atomic mass is 10.1. The van der Waals surface area contributed by atoms with Gasteiger partial charge in [0.2, 0.25) is 0 Å². The minimum absolute atomic E-state index is 0.256. The zero-order valence-corrected chi connectivity index (χ0v) is 13.8. The molecule has 2 atom stereocenters. The van der Waals surface area contributed by atoms with E-state index in [1.807, 2.05) is 6.92 Å². The average molecular weight is 299 g/mol. The third-order valence-electron chi connectivity index (χ3n) is 3.05. The van der Waals surface area contributed by atoms with Crippen LogP contribution in [0.2, 0.25) is 0 Å². The van der Waals surface area contributed by atoms with Crippen LogP contribution in [0, 0.1) is 0 Å². The highest BCUT2D eigenvalue weighted by atomic mass is 16.6. The molecule has 120 valence electrons. The number of carbonyl (C=O) groups excluding carboxylic acids is 2. The second-order valence-corrected chi connectivity index (χ2v) is 6.49. The van der Waals surface area contributed by atoms with Crippen LogP contribution in [0.15, 0.2) is 12.2 Å². The number of hydrogen-bond acceptors (Lipinski definition) is 5. The number of hydrogen-bond donors (Lipinski definition) is 0. The van der Waals surface area contributed by atoms with E-state index >= 15 is 0 Å². The van der Waals surface area contributed by atoms with E-state index < -0.39 is 29.4 Å². The normalized spacial score (nSPS) is 25.2. The number of carbonyl (C=O) groups is 2. The third kappa shape index (κ3) is 4.46. The Kier molecular flexibility index (Phi) is 5.04. The molecule has 1 fully saturated rings. The van der Waals surface area contributed by atoms with Crippen LogP contribution in [0.4, 0.5) is 4.79 Å². The fourth-order valence-corrected chi connectivity index (χ4v) is 2.29. The number of esters is 1. The Hall–Kier alpha value is -1.56. The summed E-state index contributed by atoms with van der Waals surface area (Å²) < 4.78 is 15.8. The van der Waals surface area contributed by atoms with Crippen molar-refractivity contribution in [2.75, 3.05) is 7.11 Å². The minimum Gasteiger partial charge on any atom is -0.466 e. The predicted molar refractivity (Wildman–Crippen MR) is 77.6 cm³/mol. The summed E-state index contributed by atoms with van der Waals surface area (Å²) in [5, 5.41) is 0. The molecular formula is C15H25NO5. The molecule has 2 unspecified atom stereocenters.